The summed E-state index contributed by atoms with van der Waals surface area (Å²) < 4.78 is 0. The number of likely N-dealkylation sites (N-methyl/N-ethyl adjacent to an activating group) is 1. The molecule has 0 aromatic rings. The molecule has 0 radical (unpaired) electrons. The van der Waals surface area contributed by atoms with Crippen molar-refractivity contribution >= 4 is 0 Å². The van der Waals surface area contributed by atoms with Gasteiger partial charge in [0, 0.05) is 6.04 Å². The fourth-order valence-electron chi connectivity index (χ4n) is 0.926. The Morgan fingerprint density at radius 2 is 2.22 bits per heavy atom. The highest BCUT2D eigenvalue weighted by Crippen LogP contribution is 2.03. The molecule has 54 valence electrons. The number of hydrogen-bond donors (Lipinski definition) is 1. The summed E-state index contributed by atoms with van der Waals surface area (Å²) in [6, 6.07) is 0.523. The van der Waals surface area contributed by atoms with E-state index >= 15 is 0 Å². The lowest BCUT2D eigenvalue weighted by Gasteiger charge is -2.13. The third-order valence-electron chi connectivity index (χ3n) is 1.52. The lowest BCUT2D eigenvalue weighted by Crippen LogP contribution is -2.25. The van der Waals surface area contributed by atoms with Crippen LogP contribution in [-0.2, 0) is 0 Å². The van der Waals surface area contributed by atoms with E-state index in [1.165, 1.54) is 18.4 Å². The van der Waals surface area contributed by atoms with Gasteiger partial charge in [0.15, 0.2) is 0 Å². The van der Waals surface area contributed by atoms with Crippen LogP contribution in [0, 0.1) is 0 Å². The van der Waals surface area contributed by atoms with Crippen LogP contribution in [0.4, 0.5) is 0 Å². The fraction of sp³-hybridized carbons (Fsp3) is 0.750. The van der Waals surface area contributed by atoms with Crippen LogP contribution in [0.5, 0.6) is 0 Å². The van der Waals surface area contributed by atoms with Crippen LogP contribution >= 0.6 is 0 Å². The summed E-state index contributed by atoms with van der Waals surface area (Å²) in [5.74, 6) is 0. The molecule has 0 saturated heterocycles. The van der Waals surface area contributed by atoms with E-state index in [0.717, 1.165) is 0 Å². The Balaban J connectivity index is 3.54. The van der Waals surface area contributed by atoms with Crippen molar-refractivity contribution in [2.24, 2.45) is 0 Å². The Bertz CT molecular complexity index is 86.6. The molecule has 9 heavy (non-hydrogen) atoms. The van der Waals surface area contributed by atoms with Gasteiger partial charge in [-0.15, -0.1) is 0 Å². The highest BCUT2D eigenvalue weighted by atomic mass is 14.9. The largest absolute Gasteiger partial charge is 0.313 e. The van der Waals surface area contributed by atoms with E-state index in [1.807, 2.05) is 7.05 Å². The van der Waals surface area contributed by atoms with E-state index in [0.29, 0.717) is 6.04 Å². The Kier molecular flexibility index (Phi) is 4.41. The molecule has 0 bridgehead atoms. The minimum absolute atomic E-state index is 0.523. The summed E-state index contributed by atoms with van der Waals surface area (Å²) >= 11 is 0. The molecule has 0 aliphatic heterocycles. The minimum atomic E-state index is 0.523. The van der Waals surface area contributed by atoms with Crippen LogP contribution < -0.4 is 5.32 Å². The molecular weight excluding hydrogens is 110 g/mol. The van der Waals surface area contributed by atoms with Gasteiger partial charge in [0.2, 0.25) is 0 Å². The van der Waals surface area contributed by atoms with Crippen molar-refractivity contribution in [1.82, 2.24) is 5.32 Å². The highest BCUT2D eigenvalue weighted by Gasteiger charge is 2.02. The maximum atomic E-state index is 3.88. The second-order valence-corrected chi connectivity index (χ2v) is 2.48. The molecule has 0 amide bonds. The zero-order chi connectivity index (χ0) is 7.28. The molecule has 0 fully saturated rings. The molecule has 0 heterocycles. The van der Waals surface area contributed by atoms with E-state index in [1.54, 1.807) is 0 Å². The monoisotopic (exact) mass is 127 g/mol. The summed E-state index contributed by atoms with van der Waals surface area (Å²) in [6.45, 7) is 8.14. The maximum Gasteiger partial charge on any atom is 0.0271 e. The third-order valence-corrected chi connectivity index (χ3v) is 1.52. The Hall–Kier alpha value is -0.300. The SMILES string of the molecule is C=C(C)[C@H](CCC)NC. The Morgan fingerprint density at radius 1 is 1.67 bits per heavy atom. The summed E-state index contributed by atoms with van der Waals surface area (Å²) in [7, 11) is 1.98. The topological polar surface area (TPSA) is 12.0 Å². The van der Waals surface area contributed by atoms with Crippen molar-refractivity contribution in [1.29, 1.82) is 0 Å². The molecule has 0 rings (SSSR count). The first-order valence-corrected chi connectivity index (χ1v) is 3.55. The van der Waals surface area contributed by atoms with Crippen LogP contribution in [0.1, 0.15) is 26.7 Å². The van der Waals surface area contributed by atoms with E-state index in [2.05, 4.69) is 25.7 Å². The second kappa shape index (κ2) is 4.57. The van der Waals surface area contributed by atoms with E-state index in [-0.39, 0.29) is 0 Å². The first kappa shape index (κ1) is 8.70. The van der Waals surface area contributed by atoms with Gasteiger partial charge in [-0.05, 0) is 20.4 Å². The van der Waals surface area contributed by atoms with E-state index in [4.69, 9.17) is 0 Å². The average Bonchev–Trinajstić information content (AvgIpc) is 1.82. The molecule has 0 aromatic carbocycles. The Labute approximate surface area is 58.2 Å². The smallest absolute Gasteiger partial charge is 0.0271 e. The molecular formula is C8H17N. The van der Waals surface area contributed by atoms with Crippen molar-refractivity contribution in [3.8, 4) is 0 Å². The summed E-state index contributed by atoms with van der Waals surface area (Å²) in [5, 5.41) is 3.20. The standard InChI is InChI=1S/C8H17N/c1-5-6-8(9-4)7(2)3/h8-9H,2,5-6H2,1,3-4H3/t8-/m0/s1. The van der Waals surface area contributed by atoms with Crippen LogP contribution in [0.2, 0.25) is 0 Å². The average molecular weight is 127 g/mol. The number of hydrogen-bond acceptors (Lipinski definition) is 1. The van der Waals surface area contributed by atoms with Gasteiger partial charge in [-0.25, -0.2) is 0 Å². The molecule has 0 unspecified atom stereocenters. The van der Waals surface area contributed by atoms with Gasteiger partial charge in [-0.2, -0.15) is 0 Å². The lowest BCUT2D eigenvalue weighted by atomic mass is 10.1. The Morgan fingerprint density at radius 3 is 2.33 bits per heavy atom. The zero-order valence-electron chi connectivity index (χ0n) is 6.70. The lowest BCUT2D eigenvalue weighted by molar-refractivity contribution is 0.580. The van der Waals surface area contributed by atoms with Crippen molar-refractivity contribution in [2.45, 2.75) is 32.7 Å². The van der Waals surface area contributed by atoms with Gasteiger partial charge in [0.05, 0.1) is 0 Å². The highest BCUT2D eigenvalue weighted by molar-refractivity contribution is 5.00. The van der Waals surface area contributed by atoms with Crippen molar-refractivity contribution < 1.29 is 0 Å². The van der Waals surface area contributed by atoms with Crippen LogP contribution in [0.3, 0.4) is 0 Å². The van der Waals surface area contributed by atoms with Crippen molar-refractivity contribution in [2.75, 3.05) is 7.05 Å². The predicted molar refractivity (Wildman–Crippen MR) is 42.6 cm³/mol. The van der Waals surface area contributed by atoms with Gasteiger partial charge in [0.1, 0.15) is 0 Å². The third kappa shape index (κ3) is 3.31. The van der Waals surface area contributed by atoms with Gasteiger partial charge in [-0.3, -0.25) is 0 Å². The van der Waals surface area contributed by atoms with E-state index in [9.17, 15) is 0 Å². The van der Waals surface area contributed by atoms with Crippen LogP contribution in [0.25, 0.3) is 0 Å². The zero-order valence-corrected chi connectivity index (χ0v) is 6.70. The molecule has 1 nitrogen and oxygen atoms in total. The van der Waals surface area contributed by atoms with Crippen molar-refractivity contribution in [3.05, 3.63) is 12.2 Å². The predicted octanol–water partition coefficient (Wildman–Crippen LogP) is 1.95. The van der Waals surface area contributed by atoms with Gasteiger partial charge < -0.3 is 5.32 Å². The number of rotatable bonds is 4. The van der Waals surface area contributed by atoms with E-state index < -0.39 is 0 Å². The quantitative estimate of drug-likeness (QED) is 0.569. The maximum absolute atomic E-state index is 3.88. The summed E-state index contributed by atoms with van der Waals surface area (Å²) in [4.78, 5) is 0. The van der Waals surface area contributed by atoms with Gasteiger partial charge >= 0.3 is 0 Å². The first-order valence-electron chi connectivity index (χ1n) is 3.55. The van der Waals surface area contributed by atoms with Crippen LogP contribution in [-0.4, -0.2) is 13.1 Å². The molecule has 0 aliphatic carbocycles. The molecule has 1 N–H and O–H groups in total. The second-order valence-electron chi connectivity index (χ2n) is 2.48. The first-order chi connectivity index (χ1) is 4.22. The fourth-order valence-corrected chi connectivity index (χ4v) is 0.926. The number of nitrogens with one attached hydrogen (secondary N) is 1. The molecule has 0 aromatic heterocycles. The van der Waals surface area contributed by atoms with Crippen molar-refractivity contribution in [3.63, 3.8) is 0 Å². The normalized spacial score (nSPS) is 13.2. The molecule has 1 atom stereocenters. The molecule has 1 heteroatoms. The molecule has 0 aliphatic rings. The van der Waals surface area contributed by atoms with Gasteiger partial charge in [0.25, 0.3) is 0 Å². The minimum Gasteiger partial charge on any atom is -0.313 e. The molecule has 0 spiro atoms. The summed E-state index contributed by atoms with van der Waals surface area (Å²) in [5.41, 5.74) is 1.24. The van der Waals surface area contributed by atoms with Crippen LogP contribution in [0.15, 0.2) is 12.2 Å². The molecule has 0 saturated carbocycles. The van der Waals surface area contributed by atoms with Gasteiger partial charge in [-0.1, -0.05) is 25.5 Å². The summed E-state index contributed by atoms with van der Waals surface area (Å²) in [6.07, 6.45) is 2.42.